The molecule has 3 heterocycles. The van der Waals surface area contributed by atoms with Gasteiger partial charge in [-0.1, -0.05) is 6.07 Å². The third kappa shape index (κ3) is 2.16. The van der Waals surface area contributed by atoms with Crippen molar-refractivity contribution in [3.8, 4) is 0 Å². The van der Waals surface area contributed by atoms with Gasteiger partial charge in [0.15, 0.2) is 0 Å². The molecule has 2 aromatic rings. The summed E-state index contributed by atoms with van der Waals surface area (Å²) in [6.07, 6.45) is 4.84. The minimum Gasteiger partial charge on any atom is -0.409 e. The van der Waals surface area contributed by atoms with Crippen LogP contribution in [-0.4, -0.2) is 28.0 Å². The second kappa shape index (κ2) is 5.18. The third-order valence-corrected chi connectivity index (χ3v) is 3.55. The molecule has 0 spiro atoms. The molecule has 5 heteroatoms. The molecule has 1 atom stereocenters. The summed E-state index contributed by atoms with van der Waals surface area (Å²) in [4.78, 5) is 15.4. The first-order valence-corrected chi connectivity index (χ1v) is 5.94. The van der Waals surface area contributed by atoms with Crippen LogP contribution in [0.4, 0.5) is 5.82 Å². The molecule has 1 radical (unpaired) electrons. The molecule has 18 heavy (non-hydrogen) atoms. The Labute approximate surface area is 132 Å². The molecule has 91 valence electrons. The van der Waals surface area contributed by atoms with Crippen LogP contribution in [0, 0.1) is 13.3 Å². The van der Waals surface area contributed by atoms with E-state index in [4.69, 9.17) is 0 Å². The fourth-order valence-electron chi connectivity index (χ4n) is 2.42. The van der Waals surface area contributed by atoms with Crippen LogP contribution < -0.4 is 4.90 Å². The van der Waals surface area contributed by atoms with Crippen LogP contribution in [0.2, 0.25) is 0 Å². The smallest absolute Gasteiger partial charge is 0.0293 e. The number of anilines is 1. The van der Waals surface area contributed by atoms with Gasteiger partial charge in [0, 0.05) is 62.3 Å². The van der Waals surface area contributed by atoms with Gasteiger partial charge in [-0.25, -0.2) is 0 Å². The van der Waals surface area contributed by atoms with Gasteiger partial charge in [-0.15, -0.1) is 0 Å². The summed E-state index contributed by atoms with van der Waals surface area (Å²) in [6.45, 7) is 4.22. The Kier molecular flexibility index (Phi) is 3.97. The van der Waals surface area contributed by atoms with Crippen LogP contribution in [0.15, 0.2) is 6.07 Å². The molecule has 0 saturated carbocycles. The number of nitrogens with zero attached hydrogens (tertiary/aromatic N) is 4. The molecule has 0 aromatic carbocycles. The number of hydrogen-bond acceptors (Lipinski definition) is 4. The molecule has 1 aliphatic rings. The van der Waals surface area contributed by atoms with Gasteiger partial charge < -0.3 is 14.9 Å². The maximum absolute atomic E-state index is 4.64. The molecule has 0 N–H and O–H groups in total. The minimum atomic E-state index is 0. The monoisotopic (exact) mass is 316 g/mol. The van der Waals surface area contributed by atoms with E-state index in [1.807, 2.05) is 13.0 Å². The predicted molar refractivity (Wildman–Crippen MR) is 67.1 cm³/mol. The normalized spacial score (nSPS) is 18.4. The van der Waals surface area contributed by atoms with Gasteiger partial charge in [-0.05, 0) is 44.6 Å². The quantitative estimate of drug-likeness (QED) is 0.696. The summed E-state index contributed by atoms with van der Waals surface area (Å²) in [6, 6.07) is 2.47. The van der Waals surface area contributed by atoms with Crippen LogP contribution in [-0.2, 0) is 39.1 Å². The van der Waals surface area contributed by atoms with Crippen molar-refractivity contribution in [3.05, 3.63) is 23.8 Å². The molecule has 0 amide bonds. The molecule has 0 aliphatic carbocycles. The van der Waals surface area contributed by atoms with E-state index in [2.05, 4.69) is 40.2 Å². The number of aromatic nitrogens is 3. The Balaban J connectivity index is 0.00000120. The summed E-state index contributed by atoms with van der Waals surface area (Å²) < 4.78 is 0. The van der Waals surface area contributed by atoms with Gasteiger partial charge in [0.25, 0.3) is 0 Å². The van der Waals surface area contributed by atoms with E-state index in [0.29, 0.717) is 6.04 Å². The van der Waals surface area contributed by atoms with Crippen molar-refractivity contribution in [1.82, 2.24) is 15.0 Å². The predicted octanol–water partition coefficient (Wildman–Crippen LogP) is 1.90. The summed E-state index contributed by atoms with van der Waals surface area (Å²) in [5.74, 6) is 0.961. The van der Waals surface area contributed by atoms with Crippen LogP contribution in [0.25, 0.3) is 10.9 Å². The van der Waals surface area contributed by atoms with E-state index < -0.39 is 0 Å². The SMILES string of the molecule is Cc1cc2n[c-]nc3c2c(n1)CCC(C)N3C.[Y]. The second-order valence-corrected chi connectivity index (χ2v) is 4.75. The Morgan fingerprint density at radius 1 is 1.39 bits per heavy atom. The first kappa shape index (κ1) is 13.8. The van der Waals surface area contributed by atoms with Crippen molar-refractivity contribution >= 4 is 16.7 Å². The molecule has 0 bridgehead atoms. The zero-order valence-corrected chi connectivity index (χ0v) is 13.8. The molecule has 2 aromatic heterocycles. The first-order valence-electron chi connectivity index (χ1n) is 5.94. The average Bonchev–Trinajstić information content (AvgIpc) is 2.43. The third-order valence-electron chi connectivity index (χ3n) is 3.55. The number of hydrogen-bond donors (Lipinski definition) is 0. The average molecular weight is 316 g/mol. The zero-order valence-electron chi connectivity index (χ0n) is 10.9. The Morgan fingerprint density at radius 2 is 2.17 bits per heavy atom. The summed E-state index contributed by atoms with van der Waals surface area (Å²) >= 11 is 0. The van der Waals surface area contributed by atoms with E-state index in [0.717, 1.165) is 41.0 Å². The standard InChI is InChI=1S/C13H15N4.Y/c1-8-6-11-12-10(16-8)5-4-9(2)17(3)13(12)15-7-14-11;/h6,9H,4-5H2,1-3H3;/q-1;. The summed E-state index contributed by atoms with van der Waals surface area (Å²) in [5, 5.41) is 1.10. The first-order chi connectivity index (χ1) is 8.16. The van der Waals surface area contributed by atoms with E-state index >= 15 is 0 Å². The van der Waals surface area contributed by atoms with Crippen molar-refractivity contribution in [3.63, 3.8) is 0 Å². The summed E-state index contributed by atoms with van der Waals surface area (Å²) in [5.41, 5.74) is 3.10. The molecule has 4 nitrogen and oxygen atoms in total. The van der Waals surface area contributed by atoms with E-state index in [-0.39, 0.29) is 32.7 Å². The minimum absolute atomic E-state index is 0. The summed E-state index contributed by atoms with van der Waals surface area (Å²) in [7, 11) is 2.08. The Hall–Kier alpha value is -0.606. The Morgan fingerprint density at radius 3 is 2.94 bits per heavy atom. The van der Waals surface area contributed by atoms with Crippen LogP contribution in [0.3, 0.4) is 0 Å². The topological polar surface area (TPSA) is 41.9 Å². The maximum Gasteiger partial charge on any atom is 0.0293 e. The van der Waals surface area contributed by atoms with Crippen molar-refractivity contribution in [2.45, 2.75) is 32.7 Å². The zero-order chi connectivity index (χ0) is 12.0. The van der Waals surface area contributed by atoms with E-state index in [1.165, 1.54) is 0 Å². The molecular formula is C13H15N4Y-. The number of rotatable bonds is 0. The molecule has 0 fully saturated rings. The van der Waals surface area contributed by atoms with Crippen LogP contribution >= 0.6 is 0 Å². The van der Waals surface area contributed by atoms with Gasteiger partial charge in [-0.2, -0.15) is 0 Å². The van der Waals surface area contributed by atoms with Crippen molar-refractivity contribution in [2.24, 2.45) is 0 Å². The van der Waals surface area contributed by atoms with E-state index in [1.54, 1.807) is 0 Å². The van der Waals surface area contributed by atoms with Crippen molar-refractivity contribution in [1.29, 1.82) is 0 Å². The van der Waals surface area contributed by atoms with Crippen molar-refractivity contribution in [2.75, 3.05) is 11.9 Å². The van der Waals surface area contributed by atoms with Gasteiger partial charge in [0.05, 0.1) is 0 Å². The molecular weight excluding hydrogens is 301 g/mol. The molecule has 1 unspecified atom stereocenters. The maximum atomic E-state index is 4.64. The van der Waals surface area contributed by atoms with Crippen LogP contribution in [0.5, 0.6) is 0 Å². The fraction of sp³-hybridized carbons (Fsp3) is 0.462. The van der Waals surface area contributed by atoms with Gasteiger partial charge in [0.1, 0.15) is 0 Å². The van der Waals surface area contributed by atoms with Gasteiger partial charge in [0.2, 0.25) is 0 Å². The van der Waals surface area contributed by atoms with E-state index in [9.17, 15) is 0 Å². The van der Waals surface area contributed by atoms with Crippen molar-refractivity contribution < 1.29 is 32.7 Å². The van der Waals surface area contributed by atoms with Gasteiger partial charge >= 0.3 is 0 Å². The second-order valence-electron chi connectivity index (χ2n) is 4.75. The number of aryl methyl sites for hydroxylation is 2. The molecule has 0 saturated heterocycles. The van der Waals surface area contributed by atoms with Crippen LogP contribution in [0.1, 0.15) is 24.7 Å². The Bertz CT molecular complexity index is 584. The molecule has 1 aliphatic heterocycles. The fourth-order valence-corrected chi connectivity index (χ4v) is 2.42. The van der Waals surface area contributed by atoms with Gasteiger partial charge in [-0.3, -0.25) is 4.98 Å². The molecule has 3 rings (SSSR count). The number of pyridine rings is 1. The largest absolute Gasteiger partial charge is 0.409 e.